The van der Waals surface area contributed by atoms with E-state index in [1.807, 2.05) is 12.3 Å². The Morgan fingerprint density at radius 1 is 1.11 bits per heavy atom. The number of nitrogens with one attached hydrogen (secondary N) is 2. The van der Waals surface area contributed by atoms with Gasteiger partial charge in [-0.25, -0.2) is 4.52 Å². The molecule has 28 heavy (non-hydrogen) atoms. The third-order valence-electron chi connectivity index (χ3n) is 4.89. The molecule has 0 saturated carbocycles. The second-order valence-corrected chi connectivity index (χ2v) is 6.82. The molecular formula is C20H21N7O. The standard InChI is InChI=1S/C20H21N7O/c1-2-18(16-5-3-15(4-6-16)14-26-8-10-28-11-9-26)19-24-20(25-27(19)7-1)23-17-12-21-22-13-17/h1-7,12-13H,8-11,14H2,(H,21,22)(H,23,25). The number of rotatable bonds is 5. The molecule has 3 aromatic heterocycles. The van der Waals surface area contributed by atoms with Crippen molar-refractivity contribution < 1.29 is 4.74 Å². The van der Waals surface area contributed by atoms with Gasteiger partial charge in [0.25, 0.3) is 0 Å². The number of fused-ring (bicyclic) bond motifs is 1. The largest absolute Gasteiger partial charge is 0.379 e. The van der Waals surface area contributed by atoms with Crippen LogP contribution < -0.4 is 5.32 Å². The van der Waals surface area contributed by atoms with E-state index in [1.165, 1.54) is 5.56 Å². The average Bonchev–Trinajstić information content (AvgIpc) is 3.39. The first-order valence-corrected chi connectivity index (χ1v) is 9.36. The summed E-state index contributed by atoms with van der Waals surface area (Å²) < 4.78 is 7.21. The molecular weight excluding hydrogens is 354 g/mol. The van der Waals surface area contributed by atoms with E-state index < -0.39 is 0 Å². The predicted molar refractivity (Wildman–Crippen MR) is 106 cm³/mol. The Hall–Kier alpha value is -3.23. The van der Waals surface area contributed by atoms with Crippen molar-refractivity contribution in [1.82, 2.24) is 29.7 Å². The number of benzene rings is 1. The van der Waals surface area contributed by atoms with E-state index in [-0.39, 0.29) is 0 Å². The first-order valence-electron chi connectivity index (χ1n) is 9.36. The van der Waals surface area contributed by atoms with Crippen LogP contribution in [0.25, 0.3) is 16.8 Å². The van der Waals surface area contributed by atoms with Gasteiger partial charge in [-0.1, -0.05) is 24.3 Å². The molecule has 0 unspecified atom stereocenters. The number of H-pyrrole nitrogens is 1. The Morgan fingerprint density at radius 3 is 2.75 bits per heavy atom. The van der Waals surface area contributed by atoms with Gasteiger partial charge >= 0.3 is 0 Å². The van der Waals surface area contributed by atoms with Crippen LogP contribution in [0, 0.1) is 0 Å². The SMILES string of the molecule is c1cc(-c2ccc(CN3CCOCC3)cc2)c2nc(Nc3cn[nH]c3)nn2c1. The van der Waals surface area contributed by atoms with Gasteiger partial charge in [-0.3, -0.25) is 10.00 Å². The molecule has 5 rings (SSSR count). The van der Waals surface area contributed by atoms with Crippen LogP contribution in [0.15, 0.2) is 55.0 Å². The summed E-state index contributed by atoms with van der Waals surface area (Å²) in [6, 6.07) is 12.7. The van der Waals surface area contributed by atoms with Crippen molar-refractivity contribution in [3.05, 3.63) is 60.6 Å². The Balaban J connectivity index is 1.39. The van der Waals surface area contributed by atoms with Crippen LogP contribution in [0.1, 0.15) is 5.56 Å². The van der Waals surface area contributed by atoms with E-state index in [2.05, 4.69) is 60.8 Å². The summed E-state index contributed by atoms with van der Waals surface area (Å²) >= 11 is 0. The molecule has 2 N–H and O–H groups in total. The molecule has 1 fully saturated rings. The van der Waals surface area contributed by atoms with E-state index in [4.69, 9.17) is 4.74 Å². The third-order valence-corrected chi connectivity index (χ3v) is 4.89. The fourth-order valence-corrected chi connectivity index (χ4v) is 3.44. The Labute approximate surface area is 162 Å². The smallest absolute Gasteiger partial charge is 0.247 e. The number of nitrogens with zero attached hydrogens (tertiary/aromatic N) is 5. The van der Waals surface area contributed by atoms with Crippen molar-refractivity contribution in [2.24, 2.45) is 0 Å². The van der Waals surface area contributed by atoms with E-state index >= 15 is 0 Å². The highest BCUT2D eigenvalue weighted by molar-refractivity contribution is 5.78. The highest BCUT2D eigenvalue weighted by Crippen LogP contribution is 2.25. The lowest BCUT2D eigenvalue weighted by atomic mass is 10.0. The molecule has 0 bridgehead atoms. The molecule has 8 nitrogen and oxygen atoms in total. The van der Waals surface area contributed by atoms with Gasteiger partial charge in [0.2, 0.25) is 5.95 Å². The second-order valence-electron chi connectivity index (χ2n) is 6.82. The van der Waals surface area contributed by atoms with Gasteiger partial charge in [0.05, 0.1) is 25.1 Å². The maximum absolute atomic E-state index is 5.42. The number of aromatic nitrogens is 5. The van der Waals surface area contributed by atoms with Gasteiger partial charge < -0.3 is 10.1 Å². The second kappa shape index (κ2) is 7.41. The van der Waals surface area contributed by atoms with Crippen molar-refractivity contribution in [3.63, 3.8) is 0 Å². The summed E-state index contributed by atoms with van der Waals surface area (Å²) in [6.07, 6.45) is 5.36. The number of ether oxygens (including phenoxy) is 1. The van der Waals surface area contributed by atoms with Crippen molar-refractivity contribution >= 4 is 17.3 Å². The summed E-state index contributed by atoms with van der Waals surface area (Å²) in [6.45, 7) is 4.59. The number of morpholine rings is 1. The first kappa shape index (κ1) is 16.9. The van der Waals surface area contributed by atoms with Crippen LogP contribution in [0.2, 0.25) is 0 Å². The molecule has 8 heteroatoms. The number of anilines is 2. The molecule has 0 spiro atoms. The Bertz CT molecular complexity index is 1050. The van der Waals surface area contributed by atoms with E-state index in [0.717, 1.165) is 55.3 Å². The van der Waals surface area contributed by atoms with Crippen molar-refractivity contribution in [2.75, 3.05) is 31.6 Å². The summed E-state index contributed by atoms with van der Waals surface area (Å²) in [5.41, 5.74) is 5.12. The van der Waals surface area contributed by atoms with Crippen LogP contribution in [-0.4, -0.2) is 56.0 Å². The summed E-state index contributed by atoms with van der Waals surface area (Å²) in [4.78, 5) is 7.08. The summed E-state index contributed by atoms with van der Waals surface area (Å²) in [5, 5.41) is 14.4. The lowest BCUT2D eigenvalue weighted by Crippen LogP contribution is -2.35. The fourth-order valence-electron chi connectivity index (χ4n) is 3.44. The number of aromatic amines is 1. The topological polar surface area (TPSA) is 83.4 Å². The van der Waals surface area contributed by atoms with Crippen LogP contribution in [-0.2, 0) is 11.3 Å². The van der Waals surface area contributed by atoms with E-state index in [9.17, 15) is 0 Å². The van der Waals surface area contributed by atoms with Gasteiger partial charge in [0, 0.05) is 37.6 Å². The van der Waals surface area contributed by atoms with Crippen LogP contribution >= 0.6 is 0 Å². The highest BCUT2D eigenvalue weighted by atomic mass is 16.5. The van der Waals surface area contributed by atoms with Crippen LogP contribution in [0.4, 0.5) is 11.6 Å². The molecule has 1 aromatic carbocycles. The monoisotopic (exact) mass is 375 g/mol. The zero-order chi connectivity index (χ0) is 18.8. The lowest BCUT2D eigenvalue weighted by molar-refractivity contribution is 0.0342. The van der Waals surface area contributed by atoms with Gasteiger partial charge in [-0.15, -0.1) is 5.10 Å². The average molecular weight is 375 g/mol. The molecule has 0 aliphatic carbocycles. The summed E-state index contributed by atoms with van der Waals surface area (Å²) in [5.74, 6) is 0.540. The molecule has 1 aliphatic heterocycles. The molecule has 4 heterocycles. The maximum atomic E-state index is 5.42. The molecule has 0 radical (unpaired) electrons. The highest BCUT2D eigenvalue weighted by Gasteiger charge is 2.12. The minimum absolute atomic E-state index is 0.540. The van der Waals surface area contributed by atoms with E-state index in [0.29, 0.717) is 5.95 Å². The van der Waals surface area contributed by atoms with Crippen LogP contribution in [0.5, 0.6) is 0 Å². The molecule has 142 valence electrons. The molecule has 4 aromatic rings. The normalized spacial score (nSPS) is 15.1. The van der Waals surface area contributed by atoms with Crippen molar-refractivity contribution in [1.29, 1.82) is 0 Å². The van der Waals surface area contributed by atoms with Crippen molar-refractivity contribution in [2.45, 2.75) is 6.54 Å². The fraction of sp³-hybridized carbons (Fsp3) is 0.250. The zero-order valence-electron chi connectivity index (χ0n) is 15.4. The van der Waals surface area contributed by atoms with Crippen molar-refractivity contribution in [3.8, 4) is 11.1 Å². The quantitative estimate of drug-likeness (QED) is 0.558. The van der Waals surface area contributed by atoms with E-state index in [1.54, 1.807) is 16.9 Å². The molecule has 1 saturated heterocycles. The minimum atomic E-state index is 0.540. The predicted octanol–water partition coefficient (Wildman–Crippen LogP) is 2.70. The van der Waals surface area contributed by atoms with Crippen LogP contribution in [0.3, 0.4) is 0 Å². The van der Waals surface area contributed by atoms with Gasteiger partial charge in [0.1, 0.15) is 0 Å². The summed E-state index contributed by atoms with van der Waals surface area (Å²) in [7, 11) is 0. The minimum Gasteiger partial charge on any atom is -0.379 e. The maximum Gasteiger partial charge on any atom is 0.247 e. The molecule has 0 atom stereocenters. The number of hydrogen-bond donors (Lipinski definition) is 2. The zero-order valence-corrected chi connectivity index (χ0v) is 15.4. The third kappa shape index (κ3) is 3.47. The Kier molecular flexibility index (Phi) is 4.48. The van der Waals surface area contributed by atoms with Gasteiger partial charge in [-0.05, 0) is 23.3 Å². The van der Waals surface area contributed by atoms with Gasteiger partial charge in [-0.2, -0.15) is 10.1 Å². The first-order chi connectivity index (χ1) is 13.8. The molecule has 1 aliphatic rings. The number of hydrogen-bond acceptors (Lipinski definition) is 6. The van der Waals surface area contributed by atoms with Gasteiger partial charge in [0.15, 0.2) is 5.65 Å². The lowest BCUT2D eigenvalue weighted by Gasteiger charge is -2.26. The number of pyridine rings is 1. The Morgan fingerprint density at radius 2 is 1.96 bits per heavy atom. The molecule has 0 amide bonds.